The Hall–Kier alpha value is -2.25. The first-order valence-corrected chi connectivity index (χ1v) is 8.54. The topological polar surface area (TPSA) is 50.7 Å². The summed E-state index contributed by atoms with van der Waals surface area (Å²) >= 11 is 0. The van der Waals surface area contributed by atoms with E-state index in [-0.39, 0.29) is 18.2 Å². The van der Waals surface area contributed by atoms with E-state index in [2.05, 4.69) is 5.32 Å². The molecule has 148 valence electrons. The van der Waals surface area contributed by atoms with Gasteiger partial charge in [0.15, 0.2) is 11.5 Å². The largest absolute Gasteiger partial charge is 0.493 e. The maximum Gasteiger partial charge on any atom is 0.416 e. The first-order valence-electron chi connectivity index (χ1n) is 8.54. The smallest absolute Gasteiger partial charge is 0.416 e. The summed E-state index contributed by atoms with van der Waals surface area (Å²) in [6.07, 6.45) is -4.79. The third-order valence-corrected chi connectivity index (χ3v) is 4.25. The molecule has 2 aromatic carbocycles. The minimum Gasteiger partial charge on any atom is -0.493 e. The highest BCUT2D eigenvalue weighted by atomic mass is 19.4. The van der Waals surface area contributed by atoms with Crippen molar-refractivity contribution in [2.75, 3.05) is 20.8 Å². The summed E-state index contributed by atoms with van der Waals surface area (Å²) in [5, 5.41) is 13.4. The molecule has 0 amide bonds. The summed E-state index contributed by atoms with van der Waals surface area (Å²) in [6, 6.07) is 10.4. The first kappa shape index (κ1) is 21.1. The molecule has 0 aliphatic rings. The van der Waals surface area contributed by atoms with Crippen molar-refractivity contribution in [3.05, 3.63) is 59.2 Å². The Kier molecular flexibility index (Phi) is 7.10. The van der Waals surface area contributed by atoms with Crippen LogP contribution in [-0.2, 0) is 12.6 Å². The third-order valence-electron chi connectivity index (χ3n) is 4.25. The number of ether oxygens (including phenoxy) is 2. The second-order valence-corrected chi connectivity index (χ2v) is 6.34. The Bertz CT molecular complexity index is 749. The van der Waals surface area contributed by atoms with Crippen molar-refractivity contribution in [3.63, 3.8) is 0 Å². The molecule has 2 rings (SSSR count). The fraction of sp³-hybridized carbons (Fsp3) is 0.400. The number of hydrogen-bond donors (Lipinski definition) is 2. The molecular formula is C20H24F3NO3. The number of halogens is 3. The van der Waals surface area contributed by atoms with Crippen LogP contribution in [0.25, 0.3) is 0 Å². The van der Waals surface area contributed by atoms with Crippen molar-refractivity contribution in [1.82, 2.24) is 5.32 Å². The van der Waals surface area contributed by atoms with Gasteiger partial charge in [0.1, 0.15) is 0 Å². The van der Waals surface area contributed by atoms with Crippen LogP contribution in [0.1, 0.15) is 29.7 Å². The summed E-state index contributed by atoms with van der Waals surface area (Å²) in [5.74, 6) is 1.27. The van der Waals surface area contributed by atoms with Crippen LogP contribution in [0.2, 0.25) is 0 Å². The zero-order valence-corrected chi connectivity index (χ0v) is 15.5. The van der Waals surface area contributed by atoms with Gasteiger partial charge >= 0.3 is 6.18 Å². The van der Waals surface area contributed by atoms with Gasteiger partial charge in [-0.15, -0.1) is 0 Å². The van der Waals surface area contributed by atoms with Crippen molar-refractivity contribution in [2.45, 2.75) is 31.7 Å². The Morgan fingerprint density at radius 1 is 1.04 bits per heavy atom. The van der Waals surface area contributed by atoms with Crippen molar-refractivity contribution >= 4 is 0 Å². The number of methoxy groups -OCH3 is 2. The van der Waals surface area contributed by atoms with Gasteiger partial charge in [-0.1, -0.05) is 18.2 Å². The highest BCUT2D eigenvalue weighted by Gasteiger charge is 2.30. The molecule has 0 fully saturated rings. The van der Waals surface area contributed by atoms with Gasteiger partial charge < -0.3 is 19.9 Å². The van der Waals surface area contributed by atoms with Crippen LogP contribution in [0.3, 0.4) is 0 Å². The molecule has 0 aromatic heterocycles. The van der Waals surface area contributed by atoms with Gasteiger partial charge in [-0.05, 0) is 48.7 Å². The lowest BCUT2D eigenvalue weighted by molar-refractivity contribution is -0.137. The van der Waals surface area contributed by atoms with Gasteiger partial charge in [0.2, 0.25) is 0 Å². The summed E-state index contributed by atoms with van der Waals surface area (Å²) in [4.78, 5) is 0. The van der Waals surface area contributed by atoms with Crippen molar-refractivity contribution in [3.8, 4) is 11.5 Å². The summed E-state index contributed by atoms with van der Waals surface area (Å²) in [5.41, 5.74) is 0.481. The van der Waals surface area contributed by atoms with Crippen LogP contribution in [-0.4, -0.2) is 31.9 Å². The van der Waals surface area contributed by atoms with Gasteiger partial charge in [0.25, 0.3) is 0 Å². The maximum absolute atomic E-state index is 12.8. The Labute approximate surface area is 156 Å². The SMILES string of the molecule is COc1ccc(C[C@@H](C)NC[C@H](O)c2cccc(C(F)(F)F)c2)cc1OC. The second-order valence-electron chi connectivity index (χ2n) is 6.34. The Balaban J connectivity index is 1.94. The maximum atomic E-state index is 12.8. The minimum atomic E-state index is -4.43. The lowest BCUT2D eigenvalue weighted by Crippen LogP contribution is -2.32. The van der Waals surface area contributed by atoms with Gasteiger partial charge in [-0.2, -0.15) is 13.2 Å². The number of aliphatic hydroxyl groups is 1. The third kappa shape index (κ3) is 5.87. The number of hydrogen-bond acceptors (Lipinski definition) is 4. The van der Waals surface area contributed by atoms with E-state index in [0.29, 0.717) is 17.9 Å². The minimum absolute atomic E-state index is 0.00329. The summed E-state index contributed by atoms with van der Waals surface area (Å²) in [7, 11) is 3.13. The van der Waals surface area contributed by atoms with E-state index in [1.165, 1.54) is 12.1 Å². The van der Waals surface area contributed by atoms with Crippen molar-refractivity contribution < 1.29 is 27.8 Å². The highest BCUT2D eigenvalue weighted by Crippen LogP contribution is 2.31. The zero-order chi connectivity index (χ0) is 20.0. The molecule has 0 spiro atoms. The molecular weight excluding hydrogens is 359 g/mol. The number of alkyl halides is 3. The van der Waals surface area contributed by atoms with E-state index in [1.54, 1.807) is 14.2 Å². The number of rotatable bonds is 8. The van der Waals surface area contributed by atoms with Gasteiger partial charge in [-0.25, -0.2) is 0 Å². The molecule has 0 aliphatic carbocycles. The van der Waals surface area contributed by atoms with Crippen LogP contribution < -0.4 is 14.8 Å². The second kappa shape index (κ2) is 9.10. The molecule has 2 aromatic rings. The van der Waals surface area contributed by atoms with Gasteiger partial charge in [0.05, 0.1) is 25.9 Å². The van der Waals surface area contributed by atoms with E-state index in [0.717, 1.165) is 17.7 Å². The van der Waals surface area contributed by atoms with Crippen molar-refractivity contribution in [1.29, 1.82) is 0 Å². The molecule has 27 heavy (non-hydrogen) atoms. The Morgan fingerprint density at radius 3 is 2.37 bits per heavy atom. The first-order chi connectivity index (χ1) is 12.7. The molecule has 0 saturated heterocycles. The normalized spacial score (nSPS) is 13.9. The Morgan fingerprint density at radius 2 is 1.74 bits per heavy atom. The molecule has 2 N–H and O–H groups in total. The van der Waals surface area contributed by atoms with Crippen LogP contribution in [0.5, 0.6) is 11.5 Å². The fourth-order valence-corrected chi connectivity index (χ4v) is 2.79. The average molecular weight is 383 g/mol. The molecule has 4 nitrogen and oxygen atoms in total. The van der Waals surface area contributed by atoms with E-state index < -0.39 is 17.8 Å². The number of benzene rings is 2. The van der Waals surface area contributed by atoms with Crippen LogP contribution in [0.15, 0.2) is 42.5 Å². The molecule has 0 heterocycles. The van der Waals surface area contributed by atoms with E-state index in [1.807, 2.05) is 25.1 Å². The number of aliphatic hydroxyl groups excluding tert-OH is 1. The molecule has 0 unspecified atom stereocenters. The van der Waals surface area contributed by atoms with E-state index in [9.17, 15) is 18.3 Å². The molecule has 0 saturated carbocycles. The molecule has 0 radical (unpaired) electrons. The average Bonchev–Trinajstić information content (AvgIpc) is 2.65. The summed E-state index contributed by atoms with van der Waals surface area (Å²) in [6.45, 7) is 2.09. The monoisotopic (exact) mass is 383 g/mol. The standard InChI is InChI=1S/C20H24F3NO3/c1-13(9-14-7-8-18(26-2)19(10-14)27-3)24-12-17(25)15-5-4-6-16(11-15)20(21,22)23/h4-8,10-11,13,17,24-25H,9,12H2,1-3H3/t13-,17+/m1/s1. The van der Waals surface area contributed by atoms with Crippen molar-refractivity contribution in [2.24, 2.45) is 0 Å². The zero-order valence-electron chi connectivity index (χ0n) is 15.5. The predicted octanol–water partition coefficient (Wildman–Crippen LogP) is 3.98. The van der Waals surface area contributed by atoms with Crippen LogP contribution >= 0.6 is 0 Å². The van der Waals surface area contributed by atoms with Gasteiger partial charge in [-0.3, -0.25) is 0 Å². The van der Waals surface area contributed by atoms with E-state index >= 15 is 0 Å². The quantitative estimate of drug-likeness (QED) is 0.724. The lowest BCUT2D eigenvalue weighted by Gasteiger charge is -2.19. The van der Waals surface area contributed by atoms with Crippen LogP contribution in [0.4, 0.5) is 13.2 Å². The molecule has 0 bridgehead atoms. The fourth-order valence-electron chi connectivity index (χ4n) is 2.79. The predicted molar refractivity (Wildman–Crippen MR) is 97.1 cm³/mol. The lowest BCUT2D eigenvalue weighted by atomic mass is 10.0. The molecule has 0 aliphatic heterocycles. The van der Waals surface area contributed by atoms with Gasteiger partial charge in [0, 0.05) is 12.6 Å². The molecule has 2 atom stereocenters. The molecule has 7 heteroatoms. The highest BCUT2D eigenvalue weighted by molar-refractivity contribution is 5.43. The van der Waals surface area contributed by atoms with Crippen LogP contribution in [0, 0.1) is 0 Å². The van der Waals surface area contributed by atoms with E-state index in [4.69, 9.17) is 9.47 Å². The summed E-state index contributed by atoms with van der Waals surface area (Å²) < 4.78 is 48.8. The number of nitrogens with one attached hydrogen (secondary N) is 1.